The number of carbonyl (C=O) groups is 1. The van der Waals surface area contributed by atoms with Gasteiger partial charge in [0.2, 0.25) is 12.7 Å². The summed E-state index contributed by atoms with van der Waals surface area (Å²) in [6.07, 6.45) is 1.62. The Bertz CT molecular complexity index is 1020. The van der Waals surface area contributed by atoms with E-state index in [0.717, 1.165) is 5.56 Å². The lowest BCUT2D eigenvalue weighted by Gasteiger charge is -2.11. The lowest BCUT2D eigenvalue weighted by molar-refractivity contribution is -0.113. The number of imidazole rings is 1. The largest absolute Gasteiger partial charge is 0.454 e. The van der Waals surface area contributed by atoms with E-state index >= 15 is 0 Å². The first kappa shape index (κ1) is 19.6. The highest BCUT2D eigenvalue weighted by atomic mass is 35.5. The molecule has 7 nitrogen and oxygen atoms in total. The zero-order valence-electron chi connectivity index (χ0n) is 15.3. The molecule has 1 amide bonds. The Morgan fingerprint density at radius 1 is 1.21 bits per heavy atom. The van der Waals surface area contributed by atoms with Gasteiger partial charge in [-0.1, -0.05) is 35.5 Å². The number of aromatic nitrogens is 2. The fourth-order valence-electron chi connectivity index (χ4n) is 2.88. The van der Waals surface area contributed by atoms with Crippen molar-refractivity contribution in [3.8, 4) is 11.5 Å². The fraction of sp³-hybridized carbons (Fsp3) is 0.200. The molecule has 29 heavy (non-hydrogen) atoms. The van der Waals surface area contributed by atoms with Gasteiger partial charge < -0.3 is 24.5 Å². The van der Waals surface area contributed by atoms with Crippen molar-refractivity contribution in [2.24, 2.45) is 0 Å². The van der Waals surface area contributed by atoms with Crippen molar-refractivity contribution < 1.29 is 19.4 Å². The second kappa shape index (κ2) is 8.77. The number of hydrogen-bond acceptors (Lipinski definition) is 6. The highest BCUT2D eigenvalue weighted by molar-refractivity contribution is 7.99. The van der Waals surface area contributed by atoms with E-state index in [-0.39, 0.29) is 25.1 Å². The van der Waals surface area contributed by atoms with Crippen LogP contribution in [-0.4, -0.2) is 33.1 Å². The van der Waals surface area contributed by atoms with Crippen LogP contribution in [-0.2, 0) is 17.9 Å². The van der Waals surface area contributed by atoms with E-state index in [1.54, 1.807) is 24.4 Å². The Kier molecular flexibility index (Phi) is 5.94. The first-order valence-electron chi connectivity index (χ1n) is 8.84. The van der Waals surface area contributed by atoms with E-state index in [0.29, 0.717) is 39.6 Å². The molecule has 0 fully saturated rings. The lowest BCUT2D eigenvalue weighted by Crippen LogP contribution is -2.15. The highest BCUT2D eigenvalue weighted by Crippen LogP contribution is 2.34. The molecule has 1 aliphatic heterocycles. The van der Waals surface area contributed by atoms with Crippen molar-refractivity contribution in [2.45, 2.75) is 18.3 Å². The molecule has 2 heterocycles. The Balaban J connectivity index is 1.40. The topological polar surface area (TPSA) is 85.6 Å². The highest BCUT2D eigenvalue weighted by Gasteiger charge is 2.16. The molecule has 0 unspecified atom stereocenters. The molecule has 1 aliphatic rings. The minimum absolute atomic E-state index is 0.134. The molecule has 0 spiro atoms. The number of aliphatic hydroxyl groups is 1. The molecule has 2 N–H and O–H groups in total. The summed E-state index contributed by atoms with van der Waals surface area (Å²) >= 11 is 7.25. The monoisotopic (exact) mass is 431 g/mol. The van der Waals surface area contributed by atoms with Crippen molar-refractivity contribution in [3.63, 3.8) is 0 Å². The summed E-state index contributed by atoms with van der Waals surface area (Å²) in [6, 6.07) is 12.7. The number of fused-ring (bicyclic) bond motifs is 1. The van der Waals surface area contributed by atoms with Crippen molar-refractivity contribution >= 4 is 35.0 Å². The summed E-state index contributed by atoms with van der Waals surface area (Å²) < 4.78 is 12.5. The van der Waals surface area contributed by atoms with Crippen LogP contribution in [0.1, 0.15) is 11.3 Å². The number of nitrogens with zero attached hydrogens (tertiary/aromatic N) is 2. The van der Waals surface area contributed by atoms with Crippen LogP contribution >= 0.6 is 23.4 Å². The zero-order valence-corrected chi connectivity index (χ0v) is 16.9. The van der Waals surface area contributed by atoms with Crippen molar-refractivity contribution in [2.75, 3.05) is 17.9 Å². The van der Waals surface area contributed by atoms with Gasteiger partial charge in [0, 0.05) is 23.3 Å². The van der Waals surface area contributed by atoms with Gasteiger partial charge in [0.1, 0.15) is 0 Å². The van der Waals surface area contributed by atoms with E-state index < -0.39 is 0 Å². The molecule has 150 valence electrons. The Morgan fingerprint density at radius 2 is 2.00 bits per heavy atom. The molecule has 0 saturated carbocycles. The van der Waals surface area contributed by atoms with E-state index in [4.69, 9.17) is 21.1 Å². The number of thioether (sulfide) groups is 1. The van der Waals surface area contributed by atoms with Gasteiger partial charge in [-0.3, -0.25) is 4.79 Å². The van der Waals surface area contributed by atoms with Crippen LogP contribution in [0.3, 0.4) is 0 Å². The minimum atomic E-state index is -0.166. The summed E-state index contributed by atoms with van der Waals surface area (Å²) in [6.45, 7) is 0.579. The van der Waals surface area contributed by atoms with Crippen molar-refractivity contribution in [3.05, 3.63) is 64.9 Å². The van der Waals surface area contributed by atoms with Gasteiger partial charge in [-0.15, -0.1) is 0 Å². The second-order valence-corrected chi connectivity index (χ2v) is 7.69. The summed E-state index contributed by atoms with van der Waals surface area (Å²) in [5.41, 5.74) is 2.34. The normalized spacial score (nSPS) is 12.2. The van der Waals surface area contributed by atoms with Crippen LogP contribution in [0.2, 0.25) is 5.02 Å². The predicted molar refractivity (Wildman–Crippen MR) is 111 cm³/mol. The molecule has 4 rings (SSSR count). The van der Waals surface area contributed by atoms with E-state index in [1.807, 2.05) is 28.8 Å². The molecule has 9 heteroatoms. The van der Waals surface area contributed by atoms with Crippen LogP contribution in [0, 0.1) is 0 Å². The van der Waals surface area contributed by atoms with Crippen LogP contribution in [0.4, 0.5) is 5.69 Å². The molecular formula is C20H18ClN3O4S. The quantitative estimate of drug-likeness (QED) is 0.556. The number of hydrogen-bond donors (Lipinski definition) is 2. The Labute approximate surface area is 176 Å². The Hall–Kier alpha value is -2.68. The molecule has 0 aliphatic carbocycles. The van der Waals surface area contributed by atoms with Gasteiger partial charge in [-0.25, -0.2) is 4.98 Å². The standard InChI is InChI=1S/C20H18ClN3O4S/c21-14-3-1-13(2-4-14)9-24-16(10-25)8-22-20(24)29-11-19(26)23-15-5-6-17-18(7-15)28-12-27-17/h1-8,25H,9-12H2,(H,23,26). The van der Waals surface area contributed by atoms with Gasteiger partial charge in [0.15, 0.2) is 16.7 Å². The first-order chi connectivity index (χ1) is 14.1. The third-order valence-corrected chi connectivity index (χ3v) is 5.55. The van der Waals surface area contributed by atoms with Gasteiger partial charge in [0.25, 0.3) is 0 Å². The number of ether oxygens (including phenoxy) is 2. The van der Waals surface area contributed by atoms with Gasteiger partial charge >= 0.3 is 0 Å². The van der Waals surface area contributed by atoms with E-state index in [9.17, 15) is 9.90 Å². The van der Waals surface area contributed by atoms with Crippen LogP contribution < -0.4 is 14.8 Å². The van der Waals surface area contributed by atoms with E-state index in [2.05, 4.69) is 10.3 Å². The fourth-order valence-corrected chi connectivity index (χ4v) is 3.80. The third-order valence-electron chi connectivity index (χ3n) is 4.31. The maximum Gasteiger partial charge on any atom is 0.234 e. The van der Waals surface area contributed by atoms with Gasteiger partial charge in [-0.05, 0) is 29.8 Å². The van der Waals surface area contributed by atoms with Gasteiger partial charge in [0.05, 0.1) is 24.3 Å². The molecular weight excluding hydrogens is 414 g/mol. The molecule has 0 atom stereocenters. The van der Waals surface area contributed by atoms with Crippen LogP contribution in [0.15, 0.2) is 53.8 Å². The molecule has 3 aromatic rings. The lowest BCUT2D eigenvalue weighted by atomic mass is 10.2. The number of anilines is 1. The van der Waals surface area contributed by atoms with Crippen molar-refractivity contribution in [1.29, 1.82) is 0 Å². The van der Waals surface area contributed by atoms with Crippen LogP contribution in [0.5, 0.6) is 11.5 Å². The minimum Gasteiger partial charge on any atom is -0.454 e. The summed E-state index contributed by atoms with van der Waals surface area (Å²) in [5.74, 6) is 1.29. The average Bonchev–Trinajstić information content (AvgIpc) is 3.34. The number of carbonyl (C=O) groups excluding carboxylic acids is 1. The Morgan fingerprint density at radius 3 is 2.79 bits per heavy atom. The molecule has 0 saturated heterocycles. The third kappa shape index (κ3) is 4.67. The van der Waals surface area contributed by atoms with Crippen LogP contribution in [0.25, 0.3) is 0 Å². The SMILES string of the molecule is O=C(CSc1ncc(CO)n1Cc1ccc(Cl)cc1)Nc1ccc2c(c1)OCO2. The predicted octanol–water partition coefficient (Wildman–Crippen LogP) is 3.54. The summed E-state index contributed by atoms with van der Waals surface area (Å²) in [4.78, 5) is 16.7. The smallest absolute Gasteiger partial charge is 0.234 e. The molecule has 1 aromatic heterocycles. The van der Waals surface area contributed by atoms with Gasteiger partial charge in [-0.2, -0.15) is 0 Å². The molecule has 0 radical (unpaired) electrons. The number of rotatable bonds is 7. The maximum atomic E-state index is 12.4. The number of halogens is 1. The van der Waals surface area contributed by atoms with E-state index in [1.165, 1.54) is 11.8 Å². The zero-order chi connectivity index (χ0) is 20.2. The number of nitrogens with one attached hydrogen (secondary N) is 1. The summed E-state index contributed by atoms with van der Waals surface area (Å²) in [5, 5.41) is 13.8. The van der Waals surface area contributed by atoms with Crippen molar-refractivity contribution in [1.82, 2.24) is 9.55 Å². The molecule has 2 aromatic carbocycles. The maximum absolute atomic E-state index is 12.4. The molecule has 0 bridgehead atoms. The number of amides is 1. The number of aliphatic hydroxyl groups excluding tert-OH is 1. The second-order valence-electron chi connectivity index (χ2n) is 6.31. The number of benzene rings is 2. The summed E-state index contributed by atoms with van der Waals surface area (Å²) in [7, 11) is 0. The average molecular weight is 432 g/mol. The first-order valence-corrected chi connectivity index (χ1v) is 10.2.